The number of nitrogens with zero attached hydrogens (tertiary/aromatic N) is 2. The zero-order chi connectivity index (χ0) is 16.7. The number of halogens is 2. The van der Waals surface area contributed by atoms with Gasteiger partial charge in [0.05, 0.1) is 11.9 Å². The minimum absolute atomic E-state index is 0.0453. The molecule has 1 atom stereocenters. The van der Waals surface area contributed by atoms with Gasteiger partial charge in [0, 0.05) is 22.4 Å². The van der Waals surface area contributed by atoms with Crippen LogP contribution in [0.3, 0.4) is 0 Å². The molecule has 0 spiro atoms. The molecule has 0 aliphatic carbocycles. The van der Waals surface area contributed by atoms with Gasteiger partial charge in [-0.2, -0.15) is 5.10 Å². The normalized spacial score (nSPS) is 16.6. The third-order valence-corrected chi connectivity index (χ3v) is 4.69. The van der Waals surface area contributed by atoms with Gasteiger partial charge in [0.25, 0.3) is 0 Å². The van der Waals surface area contributed by atoms with E-state index in [1.165, 1.54) is 12.1 Å². The summed E-state index contributed by atoms with van der Waals surface area (Å²) < 4.78 is 15.8. The molecule has 0 radical (unpaired) electrons. The molecular formula is C18H13BrFN3O. The van der Waals surface area contributed by atoms with E-state index in [2.05, 4.69) is 26.3 Å². The number of benzene rings is 2. The maximum Gasteiger partial charge on any atom is 0.226 e. The van der Waals surface area contributed by atoms with Gasteiger partial charge in [-0.15, -0.1) is 0 Å². The van der Waals surface area contributed by atoms with E-state index in [0.717, 1.165) is 15.6 Å². The lowest BCUT2D eigenvalue weighted by atomic mass is 9.87. The Bertz CT molecular complexity index is 903. The highest BCUT2D eigenvalue weighted by molar-refractivity contribution is 9.10. The SMILES string of the molecule is O=C1C[C@H](c2ccc(Br)cc2)c2cnn(-c3ccc(F)cc3)c2N1. The molecule has 0 saturated heterocycles. The van der Waals surface area contributed by atoms with Crippen LogP contribution in [-0.4, -0.2) is 15.7 Å². The van der Waals surface area contributed by atoms with Gasteiger partial charge in [-0.3, -0.25) is 4.79 Å². The average Bonchev–Trinajstić information content (AvgIpc) is 2.99. The molecule has 1 aromatic heterocycles. The van der Waals surface area contributed by atoms with E-state index in [1.807, 2.05) is 24.3 Å². The van der Waals surface area contributed by atoms with E-state index >= 15 is 0 Å². The standard InChI is InChI=1S/C18H13BrFN3O/c19-12-3-1-11(2-4-12)15-9-17(24)22-18-16(15)10-21-23(18)14-7-5-13(20)6-8-14/h1-8,10,15H,9H2,(H,22,24)/t15-/m1/s1. The molecule has 0 unspecified atom stereocenters. The Balaban J connectivity index is 1.80. The van der Waals surface area contributed by atoms with Crippen LogP contribution in [0.15, 0.2) is 59.2 Å². The second kappa shape index (κ2) is 5.87. The van der Waals surface area contributed by atoms with Gasteiger partial charge in [-0.25, -0.2) is 9.07 Å². The average molecular weight is 386 g/mol. The highest BCUT2D eigenvalue weighted by Crippen LogP contribution is 2.38. The van der Waals surface area contributed by atoms with E-state index in [9.17, 15) is 9.18 Å². The number of amides is 1. The van der Waals surface area contributed by atoms with E-state index in [0.29, 0.717) is 17.9 Å². The maximum atomic E-state index is 13.1. The molecular weight excluding hydrogens is 373 g/mol. The van der Waals surface area contributed by atoms with Gasteiger partial charge in [-0.05, 0) is 42.0 Å². The number of hydrogen-bond donors (Lipinski definition) is 1. The molecule has 4 rings (SSSR count). The van der Waals surface area contributed by atoms with Crippen molar-refractivity contribution in [3.05, 3.63) is 76.1 Å². The van der Waals surface area contributed by atoms with Crippen LogP contribution < -0.4 is 5.32 Å². The summed E-state index contributed by atoms with van der Waals surface area (Å²) in [5, 5.41) is 7.29. The molecule has 0 fully saturated rings. The van der Waals surface area contributed by atoms with E-state index in [1.54, 1.807) is 23.0 Å². The Labute approximate surface area is 146 Å². The Morgan fingerprint density at radius 2 is 1.83 bits per heavy atom. The van der Waals surface area contributed by atoms with Crippen molar-refractivity contribution < 1.29 is 9.18 Å². The van der Waals surface area contributed by atoms with Crippen molar-refractivity contribution in [3.8, 4) is 5.69 Å². The Kier molecular flexibility index (Phi) is 3.69. The van der Waals surface area contributed by atoms with E-state index in [-0.39, 0.29) is 17.6 Å². The van der Waals surface area contributed by atoms with Crippen LogP contribution in [0.2, 0.25) is 0 Å². The number of anilines is 1. The van der Waals surface area contributed by atoms with Crippen LogP contribution >= 0.6 is 15.9 Å². The lowest BCUT2D eigenvalue weighted by Crippen LogP contribution is -2.24. The number of aromatic nitrogens is 2. The topological polar surface area (TPSA) is 46.9 Å². The number of fused-ring (bicyclic) bond motifs is 1. The fourth-order valence-corrected chi connectivity index (χ4v) is 3.25. The lowest BCUT2D eigenvalue weighted by molar-refractivity contribution is -0.116. The number of rotatable bonds is 2. The monoisotopic (exact) mass is 385 g/mol. The first kappa shape index (κ1) is 15.1. The molecule has 0 bridgehead atoms. The second-order valence-electron chi connectivity index (χ2n) is 5.69. The Hall–Kier alpha value is -2.47. The summed E-state index contributed by atoms with van der Waals surface area (Å²) in [5.74, 6) is 0.234. The highest BCUT2D eigenvalue weighted by Gasteiger charge is 2.30. The predicted molar refractivity (Wildman–Crippen MR) is 92.8 cm³/mol. The minimum atomic E-state index is -0.309. The molecule has 1 N–H and O–H groups in total. The summed E-state index contributed by atoms with van der Waals surface area (Å²) in [5.41, 5.74) is 2.73. The highest BCUT2D eigenvalue weighted by atomic mass is 79.9. The quantitative estimate of drug-likeness (QED) is 0.716. The van der Waals surface area contributed by atoms with Crippen molar-refractivity contribution in [1.82, 2.24) is 9.78 Å². The Morgan fingerprint density at radius 3 is 2.54 bits per heavy atom. The number of carbonyl (C=O) groups is 1. The molecule has 0 saturated carbocycles. The molecule has 1 aliphatic rings. The van der Waals surface area contributed by atoms with Crippen LogP contribution in [0.25, 0.3) is 5.69 Å². The molecule has 6 heteroatoms. The number of nitrogens with one attached hydrogen (secondary N) is 1. The summed E-state index contributed by atoms with van der Waals surface area (Å²) >= 11 is 3.43. The van der Waals surface area contributed by atoms with Gasteiger partial charge < -0.3 is 5.32 Å². The van der Waals surface area contributed by atoms with Crippen LogP contribution in [0.1, 0.15) is 23.5 Å². The van der Waals surface area contributed by atoms with E-state index < -0.39 is 0 Å². The van der Waals surface area contributed by atoms with Crippen molar-refractivity contribution in [3.63, 3.8) is 0 Å². The summed E-state index contributed by atoms with van der Waals surface area (Å²) in [6.07, 6.45) is 2.15. The third kappa shape index (κ3) is 2.63. The zero-order valence-corrected chi connectivity index (χ0v) is 14.1. The summed E-state index contributed by atoms with van der Waals surface area (Å²) in [6.45, 7) is 0. The van der Waals surface area contributed by atoms with Crippen LogP contribution in [0.4, 0.5) is 10.2 Å². The molecule has 2 heterocycles. The first-order valence-corrected chi connectivity index (χ1v) is 8.30. The molecule has 120 valence electrons. The fraction of sp³-hybridized carbons (Fsp3) is 0.111. The largest absolute Gasteiger partial charge is 0.310 e. The van der Waals surface area contributed by atoms with Crippen molar-refractivity contribution in [2.24, 2.45) is 0 Å². The predicted octanol–water partition coefficient (Wildman–Crippen LogP) is 4.25. The smallest absolute Gasteiger partial charge is 0.226 e. The lowest BCUT2D eigenvalue weighted by Gasteiger charge is -2.23. The molecule has 1 amide bonds. The van der Waals surface area contributed by atoms with Crippen molar-refractivity contribution in [2.45, 2.75) is 12.3 Å². The summed E-state index contributed by atoms with van der Waals surface area (Å²) in [6, 6.07) is 14.0. The zero-order valence-electron chi connectivity index (χ0n) is 12.5. The van der Waals surface area contributed by atoms with Crippen LogP contribution in [-0.2, 0) is 4.79 Å². The second-order valence-corrected chi connectivity index (χ2v) is 6.61. The van der Waals surface area contributed by atoms with Gasteiger partial charge >= 0.3 is 0 Å². The fourth-order valence-electron chi connectivity index (χ4n) is 2.99. The molecule has 3 aromatic rings. The van der Waals surface area contributed by atoms with Crippen molar-refractivity contribution in [2.75, 3.05) is 5.32 Å². The number of hydrogen-bond acceptors (Lipinski definition) is 2. The minimum Gasteiger partial charge on any atom is -0.310 e. The summed E-state index contributed by atoms with van der Waals surface area (Å²) in [4.78, 5) is 12.2. The van der Waals surface area contributed by atoms with Crippen molar-refractivity contribution >= 4 is 27.7 Å². The van der Waals surface area contributed by atoms with Crippen LogP contribution in [0.5, 0.6) is 0 Å². The molecule has 1 aliphatic heterocycles. The van der Waals surface area contributed by atoms with E-state index in [4.69, 9.17) is 0 Å². The maximum absolute atomic E-state index is 13.1. The molecule has 24 heavy (non-hydrogen) atoms. The first-order chi connectivity index (χ1) is 11.6. The van der Waals surface area contributed by atoms with Gasteiger partial charge in [0.1, 0.15) is 11.6 Å². The molecule has 4 nitrogen and oxygen atoms in total. The van der Waals surface area contributed by atoms with Crippen molar-refractivity contribution in [1.29, 1.82) is 0 Å². The first-order valence-electron chi connectivity index (χ1n) is 7.51. The Morgan fingerprint density at radius 1 is 1.12 bits per heavy atom. The van der Waals surface area contributed by atoms with Crippen LogP contribution in [0, 0.1) is 5.82 Å². The molecule has 2 aromatic carbocycles. The van der Waals surface area contributed by atoms with Gasteiger partial charge in [0.15, 0.2) is 0 Å². The third-order valence-electron chi connectivity index (χ3n) is 4.16. The summed E-state index contributed by atoms with van der Waals surface area (Å²) in [7, 11) is 0. The number of carbonyl (C=O) groups excluding carboxylic acids is 1. The van der Waals surface area contributed by atoms with Gasteiger partial charge in [0.2, 0.25) is 5.91 Å². The van der Waals surface area contributed by atoms with Gasteiger partial charge in [-0.1, -0.05) is 28.1 Å².